The maximum atomic E-state index is 7.14. The van der Waals surface area contributed by atoms with E-state index in [-0.39, 0.29) is 5.41 Å². The van der Waals surface area contributed by atoms with Gasteiger partial charge in [0.25, 0.3) is 0 Å². The normalized spacial score (nSPS) is 13.4. The van der Waals surface area contributed by atoms with E-state index in [1.807, 2.05) is 0 Å². The van der Waals surface area contributed by atoms with Gasteiger partial charge in [-0.15, -0.1) is 0 Å². The van der Waals surface area contributed by atoms with Gasteiger partial charge in [0.2, 0.25) is 0 Å². The molecule has 49 heavy (non-hydrogen) atoms. The fourth-order valence-corrected chi connectivity index (χ4v) is 8.78. The molecule has 0 bridgehead atoms. The van der Waals surface area contributed by atoms with E-state index in [1.165, 1.54) is 55.5 Å². The first-order valence-corrected chi connectivity index (χ1v) is 17.4. The van der Waals surface area contributed by atoms with Crippen molar-refractivity contribution in [1.29, 1.82) is 0 Å². The second-order valence-electron chi connectivity index (χ2n) is 14.7. The highest BCUT2D eigenvalue weighted by Gasteiger charge is 2.43. The Morgan fingerprint density at radius 3 is 2.02 bits per heavy atom. The molecule has 0 spiro atoms. The van der Waals surface area contributed by atoms with Gasteiger partial charge >= 0.3 is 0 Å². The molecular formula is C46H44N2O+2. The quantitative estimate of drug-likeness (QED) is 0.131. The highest BCUT2D eigenvalue weighted by Crippen LogP contribution is 2.44. The van der Waals surface area contributed by atoms with E-state index in [0.29, 0.717) is 0 Å². The van der Waals surface area contributed by atoms with E-state index in [4.69, 9.17) is 4.42 Å². The van der Waals surface area contributed by atoms with Crippen LogP contribution < -0.4 is 9.13 Å². The number of hydrogen-bond donors (Lipinski definition) is 0. The second kappa shape index (κ2) is 11.4. The topological polar surface area (TPSA) is 20.9 Å². The molecule has 0 saturated carbocycles. The zero-order valence-electron chi connectivity index (χ0n) is 29.6. The molecule has 0 aliphatic rings. The third kappa shape index (κ3) is 4.78. The van der Waals surface area contributed by atoms with Crippen LogP contribution in [0.25, 0.3) is 43.5 Å². The summed E-state index contributed by atoms with van der Waals surface area (Å²) in [7, 11) is 4.40. The molecule has 3 nitrogen and oxygen atoms in total. The maximum Gasteiger partial charge on any atom is 0.192 e. The van der Waals surface area contributed by atoms with Gasteiger partial charge in [0.1, 0.15) is 25.3 Å². The van der Waals surface area contributed by atoms with Crippen molar-refractivity contribution in [2.24, 2.45) is 14.1 Å². The van der Waals surface area contributed by atoms with Gasteiger partial charge in [-0.2, -0.15) is 0 Å². The molecular weight excluding hydrogens is 597 g/mol. The minimum atomic E-state index is -0.417. The number of nitrogens with zero attached hydrogens (tertiary/aromatic N) is 2. The van der Waals surface area contributed by atoms with E-state index >= 15 is 0 Å². The van der Waals surface area contributed by atoms with Gasteiger partial charge in [-0.05, 0) is 85.7 Å². The molecule has 5 aromatic carbocycles. The van der Waals surface area contributed by atoms with Crippen LogP contribution in [-0.2, 0) is 31.3 Å². The zero-order chi connectivity index (χ0) is 34.1. The molecule has 242 valence electrons. The molecule has 0 saturated heterocycles. The average molecular weight is 641 g/mol. The molecule has 0 N–H and O–H groups in total. The monoisotopic (exact) mass is 640 g/mol. The lowest BCUT2D eigenvalue weighted by atomic mass is 9.72. The Labute approximate surface area is 289 Å². The highest BCUT2D eigenvalue weighted by atomic mass is 16.3. The molecule has 8 rings (SSSR count). The summed E-state index contributed by atoms with van der Waals surface area (Å²) in [4.78, 5) is 0. The molecule has 8 aromatic rings. The van der Waals surface area contributed by atoms with Crippen LogP contribution in [0.3, 0.4) is 0 Å². The number of benzene rings is 5. The Morgan fingerprint density at radius 1 is 0.551 bits per heavy atom. The highest BCUT2D eigenvalue weighted by molar-refractivity contribution is 6.20. The molecule has 1 unspecified atom stereocenters. The Kier molecular flexibility index (Phi) is 7.22. The number of pyridine rings is 2. The van der Waals surface area contributed by atoms with Gasteiger partial charge < -0.3 is 4.42 Å². The van der Waals surface area contributed by atoms with Gasteiger partial charge in [-0.3, -0.25) is 0 Å². The van der Waals surface area contributed by atoms with Crippen LogP contribution in [-0.4, -0.2) is 0 Å². The van der Waals surface area contributed by atoms with E-state index in [0.717, 1.165) is 33.7 Å². The lowest BCUT2D eigenvalue weighted by molar-refractivity contribution is -0.692. The SMILES string of the molecule is Cc1ccccc1C(C)(C)c1cccc(CC(C)(c2c(C)ccc3c2oc2c3ccc3c4ccccc4ccc32)c2cccc[n+]2C)[n+]1C. The van der Waals surface area contributed by atoms with Gasteiger partial charge in [0.15, 0.2) is 23.3 Å². The smallest absolute Gasteiger partial charge is 0.192 e. The van der Waals surface area contributed by atoms with Crippen molar-refractivity contribution in [2.75, 3.05) is 0 Å². The van der Waals surface area contributed by atoms with Crippen molar-refractivity contribution in [3.05, 3.63) is 167 Å². The van der Waals surface area contributed by atoms with Crippen molar-refractivity contribution in [2.45, 2.75) is 51.9 Å². The first-order chi connectivity index (χ1) is 23.6. The summed E-state index contributed by atoms with van der Waals surface area (Å²) >= 11 is 0. The van der Waals surface area contributed by atoms with Crippen molar-refractivity contribution < 1.29 is 13.6 Å². The third-order valence-electron chi connectivity index (χ3n) is 11.2. The standard InChI is InChI=1S/C46H44N2O/c1-30-15-8-11-19-39(30)45(3,4)40-21-14-17-33(48(40)7)29-46(5,41-20-12-13-28-47(41)6)42-31(2)22-24-38-37-27-26-35-34-18-10-9-16-32(34)23-25-36(35)43(37)49-44(38)42/h8-28H,29H2,1-7H3/q+2. The fraction of sp³-hybridized carbons (Fsp3) is 0.217. The first-order valence-electron chi connectivity index (χ1n) is 17.4. The molecule has 0 fully saturated rings. The molecule has 3 heterocycles. The molecule has 0 aliphatic carbocycles. The summed E-state index contributed by atoms with van der Waals surface area (Å²) in [5, 5.41) is 7.19. The van der Waals surface area contributed by atoms with Crippen LogP contribution >= 0.6 is 0 Å². The Morgan fingerprint density at radius 2 is 1.20 bits per heavy atom. The number of aryl methyl sites for hydroxylation is 3. The fourth-order valence-electron chi connectivity index (χ4n) is 8.78. The minimum Gasteiger partial charge on any atom is -0.455 e. The average Bonchev–Trinajstić information content (AvgIpc) is 3.48. The van der Waals surface area contributed by atoms with Crippen LogP contribution in [0.15, 0.2) is 132 Å². The van der Waals surface area contributed by atoms with Crippen molar-refractivity contribution >= 4 is 43.5 Å². The van der Waals surface area contributed by atoms with Gasteiger partial charge in [0, 0.05) is 46.0 Å². The van der Waals surface area contributed by atoms with Crippen LogP contribution in [0.4, 0.5) is 0 Å². The van der Waals surface area contributed by atoms with Gasteiger partial charge in [-0.25, -0.2) is 9.13 Å². The predicted octanol–water partition coefficient (Wildman–Crippen LogP) is 10.0. The summed E-state index contributed by atoms with van der Waals surface area (Å²) in [5.41, 5.74) is 10.3. The molecule has 3 heteroatoms. The lowest BCUT2D eigenvalue weighted by Gasteiger charge is -2.30. The van der Waals surface area contributed by atoms with E-state index in [9.17, 15) is 0 Å². The van der Waals surface area contributed by atoms with Crippen LogP contribution in [0.2, 0.25) is 0 Å². The molecule has 0 aliphatic heterocycles. The van der Waals surface area contributed by atoms with Crippen LogP contribution in [0, 0.1) is 13.8 Å². The van der Waals surface area contributed by atoms with Crippen LogP contribution in [0.5, 0.6) is 0 Å². The zero-order valence-corrected chi connectivity index (χ0v) is 29.6. The number of furan rings is 1. The summed E-state index contributed by atoms with van der Waals surface area (Å²) in [5.74, 6) is 0. The van der Waals surface area contributed by atoms with Gasteiger partial charge in [-0.1, -0.05) is 78.9 Å². The molecule has 1 atom stereocenters. The van der Waals surface area contributed by atoms with Crippen molar-refractivity contribution in [3.8, 4) is 0 Å². The number of aromatic nitrogens is 2. The molecule has 0 radical (unpaired) electrons. The molecule has 0 amide bonds. The van der Waals surface area contributed by atoms with Gasteiger partial charge in [0.05, 0.1) is 17.3 Å². The first kappa shape index (κ1) is 31.0. The van der Waals surface area contributed by atoms with Crippen molar-refractivity contribution in [3.63, 3.8) is 0 Å². The number of fused-ring (bicyclic) bond motifs is 7. The number of rotatable bonds is 6. The summed E-state index contributed by atoms with van der Waals surface area (Å²) in [6.07, 6.45) is 2.96. The largest absolute Gasteiger partial charge is 0.455 e. The van der Waals surface area contributed by atoms with E-state index in [1.54, 1.807) is 0 Å². The van der Waals surface area contributed by atoms with E-state index in [2.05, 4.69) is 185 Å². The summed E-state index contributed by atoms with van der Waals surface area (Å²) in [6, 6.07) is 44.3. The van der Waals surface area contributed by atoms with E-state index < -0.39 is 5.41 Å². The Balaban J connectivity index is 1.37. The molecule has 3 aromatic heterocycles. The second-order valence-corrected chi connectivity index (χ2v) is 14.7. The maximum absolute atomic E-state index is 7.14. The predicted molar refractivity (Wildman–Crippen MR) is 202 cm³/mol. The third-order valence-corrected chi connectivity index (χ3v) is 11.2. The summed E-state index contributed by atoms with van der Waals surface area (Å²) < 4.78 is 11.8. The Hall–Kier alpha value is -5.28. The van der Waals surface area contributed by atoms with Crippen molar-refractivity contribution in [1.82, 2.24) is 0 Å². The Bertz CT molecular complexity index is 2570. The lowest BCUT2D eigenvalue weighted by Crippen LogP contribution is -2.49. The van der Waals surface area contributed by atoms with Crippen LogP contribution in [0.1, 0.15) is 60.1 Å². The summed E-state index contributed by atoms with van der Waals surface area (Å²) in [6.45, 7) is 11.6. The number of hydrogen-bond acceptors (Lipinski definition) is 1. The minimum absolute atomic E-state index is 0.177.